The van der Waals surface area contributed by atoms with E-state index in [4.69, 9.17) is 4.74 Å². The zero-order valence-electron chi connectivity index (χ0n) is 14.9. The number of amides is 1. The highest BCUT2D eigenvalue weighted by Gasteiger charge is 2.25. The van der Waals surface area contributed by atoms with Gasteiger partial charge < -0.3 is 10.1 Å². The smallest absolute Gasteiger partial charge is 0.293 e. The fraction of sp³-hybridized carbons (Fsp3) is 0.389. The van der Waals surface area contributed by atoms with Crippen LogP contribution >= 0.6 is 0 Å². The molecule has 2 aromatic rings. The Balaban J connectivity index is 2.23. The number of hydrogen-bond acceptors (Lipinski definition) is 4. The summed E-state index contributed by atoms with van der Waals surface area (Å²) in [5, 5.41) is 6.94. The number of rotatable bonds is 5. The number of nitrogens with zero attached hydrogens (tertiary/aromatic N) is 2. The largest absolute Gasteiger partial charge is 0.496 e. The van der Waals surface area contributed by atoms with Gasteiger partial charge in [-0.3, -0.25) is 14.3 Å². The number of aromatic nitrogens is 2. The van der Waals surface area contributed by atoms with E-state index in [9.17, 15) is 9.59 Å². The number of benzene rings is 1. The van der Waals surface area contributed by atoms with Gasteiger partial charge in [0, 0.05) is 18.3 Å². The molecule has 0 aliphatic carbocycles. The first-order chi connectivity index (χ1) is 11.3. The Labute approximate surface area is 141 Å². The Bertz CT molecular complexity index is 793. The molecule has 1 N–H and O–H groups in total. The van der Waals surface area contributed by atoms with Crippen LogP contribution in [0.4, 0.5) is 0 Å². The third-order valence-corrected chi connectivity index (χ3v) is 4.14. The van der Waals surface area contributed by atoms with Gasteiger partial charge in [0.15, 0.2) is 0 Å². The second kappa shape index (κ2) is 6.86. The van der Waals surface area contributed by atoms with Crippen LogP contribution in [0.25, 0.3) is 0 Å². The van der Waals surface area contributed by atoms with Crippen LogP contribution in [0.15, 0.2) is 18.2 Å². The molecule has 2 rings (SSSR count). The van der Waals surface area contributed by atoms with E-state index in [0.717, 1.165) is 11.1 Å². The van der Waals surface area contributed by atoms with Crippen LogP contribution in [-0.2, 0) is 11.8 Å². The van der Waals surface area contributed by atoms with Crippen LogP contribution < -0.4 is 10.1 Å². The average Bonchev–Trinajstić information content (AvgIpc) is 2.79. The van der Waals surface area contributed by atoms with Crippen LogP contribution in [0.3, 0.4) is 0 Å². The van der Waals surface area contributed by atoms with Crippen LogP contribution in [0.5, 0.6) is 5.75 Å². The van der Waals surface area contributed by atoms with Gasteiger partial charge in [0.2, 0.25) is 0 Å². The van der Waals surface area contributed by atoms with E-state index in [0.29, 0.717) is 22.7 Å². The molecule has 0 saturated carbocycles. The van der Waals surface area contributed by atoms with Crippen molar-refractivity contribution < 1.29 is 14.3 Å². The van der Waals surface area contributed by atoms with E-state index in [-0.39, 0.29) is 6.04 Å². The zero-order valence-corrected chi connectivity index (χ0v) is 14.9. The Kier molecular flexibility index (Phi) is 5.07. The van der Waals surface area contributed by atoms with Crippen LogP contribution in [0.1, 0.15) is 45.8 Å². The van der Waals surface area contributed by atoms with Crippen molar-refractivity contribution in [2.75, 3.05) is 7.11 Å². The summed E-state index contributed by atoms with van der Waals surface area (Å²) in [6.07, 6.45) is 0. The highest BCUT2D eigenvalue weighted by molar-refractivity contribution is 6.43. The molecule has 0 fully saturated rings. The predicted octanol–water partition coefficient (Wildman–Crippen LogP) is 2.41. The van der Waals surface area contributed by atoms with Crippen LogP contribution in [0.2, 0.25) is 0 Å². The number of hydrogen-bond donors (Lipinski definition) is 1. The molecule has 0 radical (unpaired) electrons. The third-order valence-electron chi connectivity index (χ3n) is 4.14. The molecule has 0 saturated heterocycles. The van der Waals surface area contributed by atoms with E-state index in [1.807, 2.05) is 32.0 Å². The maximum Gasteiger partial charge on any atom is 0.293 e. The molecule has 1 unspecified atom stereocenters. The monoisotopic (exact) mass is 329 g/mol. The van der Waals surface area contributed by atoms with Crippen molar-refractivity contribution >= 4 is 11.7 Å². The van der Waals surface area contributed by atoms with Crippen molar-refractivity contribution in [2.24, 2.45) is 7.05 Å². The Hall–Kier alpha value is -2.63. The van der Waals surface area contributed by atoms with E-state index in [1.54, 1.807) is 32.7 Å². The molecule has 0 spiro atoms. The number of methoxy groups -OCH3 is 1. The lowest BCUT2D eigenvalue weighted by atomic mass is 10.0. The minimum absolute atomic E-state index is 0.353. The van der Waals surface area contributed by atoms with Crippen molar-refractivity contribution in [3.8, 4) is 5.75 Å². The first-order valence-corrected chi connectivity index (χ1v) is 7.76. The fourth-order valence-corrected chi connectivity index (χ4v) is 2.75. The zero-order chi connectivity index (χ0) is 18.0. The molecule has 0 aliphatic heterocycles. The molecule has 0 aliphatic rings. The normalized spacial score (nSPS) is 11.9. The SMILES string of the molecule is COc1ccc(C)cc1C(C)NC(=O)C(=O)c1c(C)nn(C)c1C. The number of nitrogens with one attached hydrogen (secondary N) is 1. The second-order valence-corrected chi connectivity index (χ2v) is 5.94. The summed E-state index contributed by atoms with van der Waals surface area (Å²) >= 11 is 0. The maximum atomic E-state index is 12.5. The second-order valence-electron chi connectivity index (χ2n) is 5.94. The number of aryl methyl sites for hydroxylation is 3. The lowest BCUT2D eigenvalue weighted by molar-refractivity contribution is -0.117. The minimum Gasteiger partial charge on any atom is -0.496 e. The summed E-state index contributed by atoms with van der Waals surface area (Å²) in [6.45, 7) is 7.28. The van der Waals surface area contributed by atoms with Crippen molar-refractivity contribution in [2.45, 2.75) is 33.7 Å². The molecule has 128 valence electrons. The molecule has 1 amide bonds. The highest BCUT2D eigenvalue weighted by Crippen LogP contribution is 2.26. The molecule has 1 aromatic carbocycles. The first-order valence-electron chi connectivity index (χ1n) is 7.76. The van der Waals surface area contributed by atoms with Crippen LogP contribution in [0, 0.1) is 20.8 Å². The number of ketones is 1. The lowest BCUT2D eigenvalue weighted by Gasteiger charge is -2.17. The summed E-state index contributed by atoms with van der Waals surface area (Å²) in [5.74, 6) is -0.545. The van der Waals surface area contributed by atoms with Gasteiger partial charge in [-0.2, -0.15) is 5.10 Å². The van der Waals surface area contributed by atoms with Gasteiger partial charge in [-0.05, 0) is 33.8 Å². The van der Waals surface area contributed by atoms with Gasteiger partial charge in [-0.25, -0.2) is 0 Å². The van der Waals surface area contributed by atoms with Gasteiger partial charge in [0.1, 0.15) is 5.75 Å². The molecule has 24 heavy (non-hydrogen) atoms. The van der Waals surface area contributed by atoms with E-state index in [2.05, 4.69) is 10.4 Å². The van der Waals surface area contributed by atoms with Crippen LogP contribution in [-0.4, -0.2) is 28.6 Å². The van der Waals surface area contributed by atoms with Gasteiger partial charge >= 0.3 is 0 Å². The summed E-state index contributed by atoms with van der Waals surface area (Å²) in [5.41, 5.74) is 3.47. The van der Waals surface area contributed by atoms with Gasteiger partial charge in [0.25, 0.3) is 11.7 Å². The molecule has 0 bridgehead atoms. The summed E-state index contributed by atoms with van der Waals surface area (Å²) < 4.78 is 6.94. The lowest BCUT2D eigenvalue weighted by Crippen LogP contribution is -2.34. The Morgan fingerprint density at radius 1 is 1.25 bits per heavy atom. The molecule has 6 heteroatoms. The van der Waals surface area contributed by atoms with Gasteiger partial charge in [0.05, 0.1) is 24.4 Å². The molecular formula is C18H23N3O3. The fourth-order valence-electron chi connectivity index (χ4n) is 2.75. The van der Waals surface area contributed by atoms with E-state index in [1.165, 1.54) is 0 Å². The number of carbonyl (C=O) groups is 2. The number of ether oxygens (including phenoxy) is 1. The number of carbonyl (C=O) groups excluding carboxylic acids is 2. The standard InChI is InChI=1S/C18H23N3O3/c1-10-7-8-15(24-6)14(9-10)11(2)19-18(23)17(22)16-12(3)20-21(5)13(16)4/h7-9,11H,1-6H3,(H,19,23). The van der Waals surface area contributed by atoms with E-state index < -0.39 is 11.7 Å². The first kappa shape index (κ1) is 17.7. The van der Waals surface area contributed by atoms with Gasteiger partial charge in [-0.15, -0.1) is 0 Å². The highest BCUT2D eigenvalue weighted by atomic mass is 16.5. The average molecular weight is 329 g/mol. The van der Waals surface area contributed by atoms with Crippen molar-refractivity contribution in [3.63, 3.8) is 0 Å². The van der Waals surface area contributed by atoms with Crippen molar-refractivity contribution in [1.82, 2.24) is 15.1 Å². The maximum absolute atomic E-state index is 12.5. The van der Waals surface area contributed by atoms with E-state index >= 15 is 0 Å². The summed E-state index contributed by atoms with van der Waals surface area (Å²) in [6, 6.07) is 5.37. The predicted molar refractivity (Wildman–Crippen MR) is 91.3 cm³/mol. The Morgan fingerprint density at radius 3 is 2.46 bits per heavy atom. The Morgan fingerprint density at radius 2 is 1.92 bits per heavy atom. The molecule has 6 nitrogen and oxygen atoms in total. The van der Waals surface area contributed by atoms with Gasteiger partial charge in [-0.1, -0.05) is 17.7 Å². The minimum atomic E-state index is -0.648. The van der Waals surface area contributed by atoms with Crippen molar-refractivity contribution in [3.05, 3.63) is 46.3 Å². The third kappa shape index (κ3) is 3.32. The number of Topliss-reactive ketones (excluding diaryl/α,β-unsaturated/α-hetero) is 1. The summed E-state index contributed by atoms with van der Waals surface area (Å²) in [7, 11) is 3.33. The quantitative estimate of drug-likeness (QED) is 0.675. The molecular weight excluding hydrogens is 306 g/mol. The molecule has 1 heterocycles. The topological polar surface area (TPSA) is 73.2 Å². The molecule has 1 atom stereocenters. The molecule has 1 aromatic heterocycles. The van der Waals surface area contributed by atoms with Crippen molar-refractivity contribution in [1.29, 1.82) is 0 Å². The summed E-state index contributed by atoms with van der Waals surface area (Å²) in [4.78, 5) is 24.9.